The van der Waals surface area contributed by atoms with E-state index in [-0.39, 0.29) is 0 Å². The highest BCUT2D eigenvalue weighted by Gasteiger charge is 2.07. The maximum absolute atomic E-state index is 6.31. The molecule has 6 rings (SSSR count). The fourth-order valence-electron chi connectivity index (χ4n) is 4.05. The molecule has 0 atom stereocenters. The number of ether oxygens (including phenoxy) is 1. The molecule has 0 saturated carbocycles. The van der Waals surface area contributed by atoms with E-state index in [1.54, 1.807) is 0 Å². The first-order chi connectivity index (χ1) is 14.3. The predicted octanol–water partition coefficient (Wildman–Crippen LogP) is 7.89. The molecule has 135 valence electrons. The third-order valence-corrected chi connectivity index (χ3v) is 5.52. The lowest BCUT2D eigenvalue weighted by Gasteiger charge is -2.11. The Morgan fingerprint density at radius 2 is 1.10 bits per heavy atom. The first-order valence-corrected chi connectivity index (χ1v) is 9.78. The van der Waals surface area contributed by atoms with Gasteiger partial charge in [-0.25, -0.2) is 0 Å². The molecule has 0 amide bonds. The molecule has 1 nitrogen and oxygen atoms in total. The Hall–Kier alpha value is -3.84. The van der Waals surface area contributed by atoms with Crippen molar-refractivity contribution in [1.29, 1.82) is 0 Å². The summed E-state index contributed by atoms with van der Waals surface area (Å²) in [5.74, 6) is 1.58. The van der Waals surface area contributed by atoms with Crippen LogP contribution in [-0.2, 0) is 0 Å². The van der Waals surface area contributed by atoms with Gasteiger partial charge in [0.2, 0.25) is 0 Å². The summed E-state index contributed by atoms with van der Waals surface area (Å²) in [5.41, 5.74) is 0. The fourth-order valence-corrected chi connectivity index (χ4v) is 4.05. The summed E-state index contributed by atoms with van der Waals surface area (Å²) in [7, 11) is 0. The molecular weight excluding hydrogens is 352 g/mol. The zero-order chi connectivity index (χ0) is 19.2. The van der Waals surface area contributed by atoms with Crippen molar-refractivity contribution in [2.24, 2.45) is 0 Å². The molecule has 0 aliphatic carbocycles. The summed E-state index contributed by atoms with van der Waals surface area (Å²) in [6, 6.07) is 39.4. The first-order valence-electron chi connectivity index (χ1n) is 9.78. The van der Waals surface area contributed by atoms with Crippen molar-refractivity contribution in [2.75, 3.05) is 0 Å². The van der Waals surface area contributed by atoms with E-state index in [1.807, 2.05) is 18.2 Å². The highest BCUT2D eigenvalue weighted by Crippen LogP contribution is 2.34. The van der Waals surface area contributed by atoms with Gasteiger partial charge in [0.1, 0.15) is 11.5 Å². The van der Waals surface area contributed by atoms with Crippen LogP contribution in [0.5, 0.6) is 11.5 Å². The van der Waals surface area contributed by atoms with Gasteiger partial charge in [-0.2, -0.15) is 0 Å². The highest BCUT2D eigenvalue weighted by atomic mass is 16.5. The minimum absolute atomic E-state index is 0.730. The first kappa shape index (κ1) is 16.1. The summed E-state index contributed by atoms with van der Waals surface area (Å²) >= 11 is 0. The lowest BCUT2D eigenvalue weighted by Crippen LogP contribution is -1.87. The third-order valence-electron chi connectivity index (χ3n) is 5.52. The zero-order valence-corrected chi connectivity index (χ0v) is 15.7. The van der Waals surface area contributed by atoms with Crippen LogP contribution in [0.4, 0.5) is 0 Å². The number of rotatable bonds is 2. The molecule has 29 heavy (non-hydrogen) atoms. The zero-order valence-electron chi connectivity index (χ0n) is 15.7. The van der Waals surface area contributed by atoms with E-state index >= 15 is 0 Å². The summed E-state index contributed by atoms with van der Waals surface area (Å²) in [5, 5.41) is 9.41. The quantitative estimate of drug-likeness (QED) is 0.282. The molecule has 0 saturated heterocycles. The van der Waals surface area contributed by atoms with Crippen LogP contribution in [0, 0.1) is 6.07 Å². The molecule has 0 heterocycles. The largest absolute Gasteiger partial charge is 0.456 e. The molecule has 6 aromatic rings. The Bertz CT molecular complexity index is 1530. The van der Waals surface area contributed by atoms with Gasteiger partial charge < -0.3 is 4.74 Å². The van der Waals surface area contributed by atoms with Crippen molar-refractivity contribution in [3.05, 3.63) is 109 Å². The van der Waals surface area contributed by atoms with Crippen LogP contribution < -0.4 is 4.74 Å². The average Bonchev–Trinajstić information content (AvgIpc) is 2.76. The predicted molar refractivity (Wildman–Crippen MR) is 122 cm³/mol. The smallest absolute Gasteiger partial charge is 0.136 e. The van der Waals surface area contributed by atoms with Gasteiger partial charge in [-0.1, -0.05) is 66.7 Å². The molecule has 0 aromatic heterocycles. The molecule has 0 spiro atoms. The minimum Gasteiger partial charge on any atom is -0.456 e. The Labute approximate surface area is 168 Å². The van der Waals surface area contributed by atoms with Crippen molar-refractivity contribution < 1.29 is 4.74 Å². The van der Waals surface area contributed by atoms with Gasteiger partial charge in [0, 0.05) is 11.5 Å². The standard InChI is InChI=1S/C28H17O/c1-2-8-21-16-25-17-26(13-12-23(25)14-19(21)6-1)29-28-11-5-10-24-15-20-7-3-4-9-22(20)18-27(24)28/h1-16,18H. The van der Waals surface area contributed by atoms with Crippen LogP contribution in [0.2, 0.25) is 0 Å². The van der Waals surface area contributed by atoms with E-state index in [4.69, 9.17) is 4.74 Å². The van der Waals surface area contributed by atoms with E-state index in [2.05, 4.69) is 91.0 Å². The molecule has 1 radical (unpaired) electrons. The highest BCUT2D eigenvalue weighted by molar-refractivity contribution is 6.01. The van der Waals surface area contributed by atoms with Gasteiger partial charge in [-0.3, -0.25) is 0 Å². The Morgan fingerprint density at radius 3 is 1.86 bits per heavy atom. The molecule has 0 fully saturated rings. The third kappa shape index (κ3) is 2.79. The van der Waals surface area contributed by atoms with Crippen LogP contribution in [0.3, 0.4) is 0 Å². The topological polar surface area (TPSA) is 9.23 Å². The van der Waals surface area contributed by atoms with E-state index in [0.29, 0.717) is 0 Å². The van der Waals surface area contributed by atoms with E-state index in [1.165, 1.54) is 32.3 Å². The fraction of sp³-hybridized carbons (Fsp3) is 0. The summed E-state index contributed by atoms with van der Waals surface area (Å²) in [6.07, 6.45) is 0. The number of fused-ring (bicyclic) bond motifs is 4. The molecule has 0 aliphatic heterocycles. The Balaban J connectivity index is 1.47. The Kier molecular flexibility index (Phi) is 3.54. The summed E-state index contributed by atoms with van der Waals surface area (Å²) in [4.78, 5) is 0. The molecule has 0 N–H and O–H groups in total. The van der Waals surface area contributed by atoms with Crippen LogP contribution in [0.25, 0.3) is 43.1 Å². The van der Waals surface area contributed by atoms with Gasteiger partial charge >= 0.3 is 0 Å². The van der Waals surface area contributed by atoms with Gasteiger partial charge in [0.25, 0.3) is 0 Å². The molecule has 6 aromatic carbocycles. The monoisotopic (exact) mass is 369 g/mol. The van der Waals surface area contributed by atoms with Gasteiger partial charge in [0.05, 0.1) is 0 Å². The SMILES string of the molecule is [c]1c(Oc2cccc3cc4ccccc4cc23)ccc2cc3ccccc3cc12. The average molecular weight is 369 g/mol. The van der Waals surface area contributed by atoms with E-state index in [0.717, 1.165) is 22.3 Å². The lowest BCUT2D eigenvalue weighted by atomic mass is 10.0. The summed E-state index contributed by atoms with van der Waals surface area (Å²) in [6.45, 7) is 0. The van der Waals surface area contributed by atoms with Gasteiger partial charge in [-0.05, 0) is 74.1 Å². The van der Waals surface area contributed by atoms with E-state index in [9.17, 15) is 0 Å². The van der Waals surface area contributed by atoms with Crippen molar-refractivity contribution in [3.8, 4) is 11.5 Å². The van der Waals surface area contributed by atoms with Crippen molar-refractivity contribution in [1.82, 2.24) is 0 Å². The maximum atomic E-state index is 6.31. The second kappa shape index (κ2) is 6.35. The van der Waals surface area contributed by atoms with Crippen molar-refractivity contribution in [2.45, 2.75) is 0 Å². The summed E-state index contributed by atoms with van der Waals surface area (Å²) < 4.78 is 6.31. The number of hydrogen-bond donors (Lipinski definition) is 0. The van der Waals surface area contributed by atoms with Crippen LogP contribution in [-0.4, -0.2) is 0 Å². The normalized spacial score (nSPS) is 11.4. The second-order valence-electron chi connectivity index (χ2n) is 7.39. The second-order valence-corrected chi connectivity index (χ2v) is 7.39. The van der Waals surface area contributed by atoms with Crippen molar-refractivity contribution >= 4 is 43.1 Å². The van der Waals surface area contributed by atoms with Crippen LogP contribution >= 0.6 is 0 Å². The number of hydrogen-bond acceptors (Lipinski definition) is 1. The van der Waals surface area contributed by atoms with Crippen molar-refractivity contribution in [3.63, 3.8) is 0 Å². The minimum atomic E-state index is 0.730. The lowest BCUT2D eigenvalue weighted by molar-refractivity contribution is 0.488. The Morgan fingerprint density at radius 1 is 0.483 bits per heavy atom. The molecule has 0 unspecified atom stereocenters. The maximum Gasteiger partial charge on any atom is 0.136 e. The van der Waals surface area contributed by atoms with Crippen LogP contribution in [0.1, 0.15) is 0 Å². The van der Waals surface area contributed by atoms with E-state index < -0.39 is 0 Å². The molecular formula is C28H17O. The number of benzene rings is 6. The van der Waals surface area contributed by atoms with Gasteiger partial charge in [0.15, 0.2) is 0 Å². The van der Waals surface area contributed by atoms with Gasteiger partial charge in [-0.15, -0.1) is 0 Å². The van der Waals surface area contributed by atoms with Crippen LogP contribution in [0.15, 0.2) is 103 Å². The molecule has 0 bridgehead atoms. The molecule has 1 heteroatoms. The molecule has 0 aliphatic rings.